The standard InChI is InChI=1S/C29H30F2N6O2S/c1-40-22-13-19(12-20(30)14-22)24-3-2-9-36(24)28-7-6-27-32-15-25(37(27)34-28)29(39)33-21-8-10-35(17-21)16-18-4-5-23(31)26(38)11-18/h4-7,11-15,21,24,38H,2-3,8-10,16-17H2,1H3,(H,33,39). The molecular formula is C29H30F2N6O2S. The number of rotatable bonds is 7. The van der Waals surface area contributed by atoms with Crippen LogP contribution >= 0.6 is 11.8 Å². The third kappa shape index (κ3) is 5.35. The van der Waals surface area contributed by atoms with Crippen LogP contribution in [0.3, 0.4) is 0 Å². The van der Waals surface area contributed by atoms with E-state index in [0.717, 1.165) is 48.4 Å². The lowest BCUT2D eigenvalue weighted by molar-refractivity contribution is 0.0930. The van der Waals surface area contributed by atoms with Gasteiger partial charge in [0.15, 0.2) is 22.9 Å². The highest BCUT2D eigenvalue weighted by Crippen LogP contribution is 2.37. The van der Waals surface area contributed by atoms with Crippen LogP contribution in [-0.4, -0.2) is 62.4 Å². The summed E-state index contributed by atoms with van der Waals surface area (Å²) in [5.41, 5.74) is 2.66. The molecule has 2 aliphatic rings. The number of halogens is 2. The molecule has 2 fully saturated rings. The van der Waals surface area contributed by atoms with Crippen LogP contribution in [-0.2, 0) is 6.54 Å². The van der Waals surface area contributed by atoms with E-state index < -0.39 is 5.82 Å². The lowest BCUT2D eigenvalue weighted by Gasteiger charge is -2.26. The fourth-order valence-electron chi connectivity index (χ4n) is 5.72. The summed E-state index contributed by atoms with van der Waals surface area (Å²) in [6.45, 7) is 2.75. The first-order chi connectivity index (χ1) is 19.4. The van der Waals surface area contributed by atoms with Gasteiger partial charge in [0.1, 0.15) is 11.6 Å². The molecule has 2 aromatic heterocycles. The Balaban J connectivity index is 1.16. The first-order valence-electron chi connectivity index (χ1n) is 13.3. The lowest BCUT2D eigenvalue weighted by atomic mass is 10.0. The number of nitrogens with one attached hydrogen (secondary N) is 1. The second kappa shape index (κ2) is 11.1. The van der Waals surface area contributed by atoms with Gasteiger partial charge in [-0.05, 0) is 79.1 Å². The molecule has 8 nitrogen and oxygen atoms in total. The summed E-state index contributed by atoms with van der Waals surface area (Å²) in [7, 11) is 0. The smallest absolute Gasteiger partial charge is 0.271 e. The maximum atomic E-state index is 14.3. The van der Waals surface area contributed by atoms with Gasteiger partial charge in [0.2, 0.25) is 0 Å². The van der Waals surface area contributed by atoms with E-state index in [1.807, 2.05) is 24.5 Å². The predicted octanol–water partition coefficient (Wildman–Crippen LogP) is 4.78. The first-order valence-corrected chi connectivity index (χ1v) is 14.6. The Kier molecular flexibility index (Phi) is 7.33. The van der Waals surface area contributed by atoms with Crippen LogP contribution in [0.1, 0.15) is 46.9 Å². The third-order valence-electron chi connectivity index (χ3n) is 7.67. The Morgan fingerprint density at radius 3 is 2.83 bits per heavy atom. The van der Waals surface area contributed by atoms with Crippen molar-refractivity contribution < 1.29 is 18.7 Å². The number of benzene rings is 2. The summed E-state index contributed by atoms with van der Waals surface area (Å²) >= 11 is 1.52. The number of hydrogen-bond acceptors (Lipinski definition) is 7. The molecule has 0 saturated carbocycles. The number of anilines is 1. The molecule has 208 valence electrons. The Morgan fingerprint density at radius 2 is 2.00 bits per heavy atom. The summed E-state index contributed by atoms with van der Waals surface area (Å²) in [6.07, 6.45) is 6.10. The fourth-order valence-corrected chi connectivity index (χ4v) is 6.21. The Labute approximate surface area is 235 Å². The number of aromatic hydroxyl groups is 1. The van der Waals surface area contributed by atoms with Crippen molar-refractivity contribution in [2.24, 2.45) is 0 Å². The van der Waals surface area contributed by atoms with Crippen molar-refractivity contribution in [3.05, 3.63) is 83.2 Å². The Hall–Kier alpha value is -3.70. The minimum atomic E-state index is -0.640. The molecule has 0 aliphatic carbocycles. The van der Waals surface area contributed by atoms with E-state index in [-0.39, 0.29) is 29.6 Å². The number of amides is 1. The molecule has 0 spiro atoms. The van der Waals surface area contributed by atoms with Gasteiger partial charge in [0.25, 0.3) is 5.91 Å². The molecule has 6 rings (SSSR count). The Bertz CT molecular complexity index is 1560. The van der Waals surface area contributed by atoms with Crippen molar-refractivity contribution in [2.45, 2.75) is 42.8 Å². The molecule has 2 atom stereocenters. The van der Waals surface area contributed by atoms with Crippen LogP contribution in [0.15, 0.2) is 59.6 Å². The van der Waals surface area contributed by atoms with E-state index in [0.29, 0.717) is 30.2 Å². The normalized spacial score (nSPS) is 19.5. The molecular weight excluding hydrogens is 534 g/mol. The van der Waals surface area contributed by atoms with Gasteiger partial charge in [0.05, 0.1) is 12.2 Å². The van der Waals surface area contributed by atoms with Crippen molar-refractivity contribution in [1.29, 1.82) is 0 Å². The van der Waals surface area contributed by atoms with Crippen LogP contribution in [0, 0.1) is 11.6 Å². The van der Waals surface area contributed by atoms with Gasteiger partial charge < -0.3 is 15.3 Å². The number of hydrogen-bond donors (Lipinski definition) is 2. The molecule has 2 aliphatic heterocycles. The number of likely N-dealkylation sites (tertiary alicyclic amines) is 1. The van der Waals surface area contributed by atoms with E-state index in [2.05, 4.69) is 20.1 Å². The van der Waals surface area contributed by atoms with Crippen molar-refractivity contribution in [1.82, 2.24) is 24.8 Å². The number of phenolic OH excluding ortho intramolecular Hbond substituents is 1. The quantitative estimate of drug-likeness (QED) is 0.313. The molecule has 2 unspecified atom stereocenters. The zero-order chi connectivity index (χ0) is 27.8. The summed E-state index contributed by atoms with van der Waals surface area (Å²) in [6, 6.07) is 13.2. The average molecular weight is 565 g/mol. The van der Waals surface area contributed by atoms with Crippen LogP contribution in [0.5, 0.6) is 5.75 Å². The molecule has 4 aromatic rings. The summed E-state index contributed by atoms with van der Waals surface area (Å²) in [5.74, 6) is -0.782. The van der Waals surface area contributed by atoms with Crippen molar-refractivity contribution >= 4 is 29.1 Å². The minimum Gasteiger partial charge on any atom is -0.505 e. The molecule has 40 heavy (non-hydrogen) atoms. The van der Waals surface area contributed by atoms with Gasteiger partial charge >= 0.3 is 0 Å². The number of carbonyl (C=O) groups is 1. The second-order valence-corrected chi connectivity index (χ2v) is 11.2. The zero-order valence-corrected chi connectivity index (χ0v) is 22.9. The SMILES string of the molecule is CSc1cc(F)cc(C2CCCN2c2ccc3ncc(C(=O)NC4CCN(Cc5ccc(F)c(O)c5)C4)n3n2)c1. The minimum absolute atomic E-state index is 0.000149. The predicted molar refractivity (Wildman–Crippen MR) is 150 cm³/mol. The monoisotopic (exact) mass is 564 g/mol. The largest absolute Gasteiger partial charge is 0.505 e. The molecule has 2 saturated heterocycles. The number of imidazole rings is 1. The van der Waals surface area contributed by atoms with Crippen molar-refractivity contribution in [3.8, 4) is 5.75 Å². The van der Waals surface area contributed by atoms with E-state index in [9.17, 15) is 18.7 Å². The summed E-state index contributed by atoms with van der Waals surface area (Å²) in [4.78, 5) is 22.9. The van der Waals surface area contributed by atoms with Gasteiger partial charge in [0, 0.05) is 37.1 Å². The lowest BCUT2D eigenvalue weighted by Crippen LogP contribution is -2.37. The number of fused-ring (bicyclic) bond motifs is 1. The van der Waals surface area contributed by atoms with Crippen LogP contribution in [0.2, 0.25) is 0 Å². The number of carbonyl (C=O) groups excluding carboxylic acids is 1. The maximum Gasteiger partial charge on any atom is 0.271 e. The highest BCUT2D eigenvalue weighted by molar-refractivity contribution is 7.98. The van der Waals surface area contributed by atoms with E-state index in [1.165, 1.54) is 30.1 Å². The zero-order valence-electron chi connectivity index (χ0n) is 22.1. The topological polar surface area (TPSA) is 86.0 Å². The van der Waals surface area contributed by atoms with Crippen molar-refractivity contribution in [2.75, 3.05) is 30.8 Å². The van der Waals surface area contributed by atoms with E-state index >= 15 is 0 Å². The number of aromatic nitrogens is 3. The van der Waals surface area contributed by atoms with Gasteiger partial charge in [-0.15, -0.1) is 16.9 Å². The second-order valence-electron chi connectivity index (χ2n) is 10.4. The molecule has 2 N–H and O–H groups in total. The van der Waals surface area contributed by atoms with Gasteiger partial charge in [-0.25, -0.2) is 18.3 Å². The number of phenols is 1. The maximum absolute atomic E-state index is 14.3. The summed E-state index contributed by atoms with van der Waals surface area (Å²) in [5, 5.41) is 17.5. The van der Waals surface area contributed by atoms with E-state index in [4.69, 9.17) is 5.10 Å². The van der Waals surface area contributed by atoms with Crippen molar-refractivity contribution in [3.63, 3.8) is 0 Å². The molecule has 4 heterocycles. The van der Waals surface area contributed by atoms with Gasteiger partial charge in [-0.1, -0.05) is 6.07 Å². The average Bonchev–Trinajstić information content (AvgIpc) is 3.70. The summed E-state index contributed by atoms with van der Waals surface area (Å²) < 4.78 is 29.3. The molecule has 2 aromatic carbocycles. The van der Waals surface area contributed by atoms with Gasteiger partial charge in [-0.3, -0.25) is 9.69 Å². The number of nitrogens with zero attached hydrogens (tertiary/aromatic N) is 5. The Morgan fingerprint density at radius 1 is 1.12 bits per heavy atom. The molecule has 1 amide bonds. The van der Waals surface area contributed by atoms with Gasteiger partial charge in [-0.2, -0.15) is 0 Å². The van der Waals surface area contributed by atoms with Crippen LogP contribution < -0.4 is 10.2 Å². The fraction of sp³-hybridized carbons (Fsp3) is 0.345. The van der Waals surface area contributed by atoms with E-state index in [1.54, 1.807) is 22.7 Å². The highest BCUT2D eigenvalue weighted by Gasteiger charge is 2.29. The molecule has 11 heteroatoms. The van der Waals surface area contributed by atoms with Crippen LogP contribution in [0.25, 0.3) is 5.65 Å². The third-order valence-corrected chi connectivity index (χ3v) is 8.37. The molecule has 0 radical (unpaired) electrons. The first kappa shape index (κ1) is 26.5. The van der Waals surface area contributed by atoms with Crippen LogP contribution in [0.4, 0.5) is 14.6 Å². The molecule has 0 bridgehead atoms. The number of thioether (sulfide) groups is 1. The highest BCUT2D eigenvalue weighted by atomic mass is 32.2.